The maximum Gasteiger partial charge on any atom is 0.230 e. The molecule has 1 atom stereocenters. The molecule has 184 valence electrons. The molecule has 0 radical (unpaired) electrons. The summed E-state index contributed by atoms with van der Waals surface area (Å²) in [6.45, 7) is 2.20. The van der Waals surface area contributed by atoms with E-state index in [0.717, 1.165) is 27.9 Å². The molecule has 1 N–H and O–H groups in total. The van der Waals surface area contributed by atoms with Crippen LogP contribution in [-0.4, -0.2) is 15.1 Å². The average molecular weight is 663 g/mol. The van der Waals surface area contributed by atoms with Crippen molar-refractivity contribution in [3.8, 4) is 39.6 Å². The number of phenolic OH excluding ortho intramolecular Hbond substituents is 1. The molecule has 2 heterocycles. The molecule has 0 aliphatic carbocycles. The summed E-state index contributed by atoms with van der Waals surface area (Å²) in [5, 5.41) is 10.2. The molecule has 0 amide bonds. The largest absolute Gasteiger partial charge is 0.507 e. The molecule has 0 aliphatic heterocycles. The number of aromatic hydroxyl groups is 1. The Hall–Kier alpha value is -4.01. The molecular formula is C32H23N2O2Pt-. The van der Waals surface area contributed by atoms with E-state index in [2.05, 4.69) is 49.4 Å². The Balaban J connectivity index is 0.00000280. The van der Waals surface area contributed by atoms with Gasteiger partial charge in [0, 0.05) is 38.9 Å². The van der Waals surface area contributed by atoms with Gasteiger partial charge in [-0.05, 0) is 29.3 Å². The van der Waals surface area contributed by atoms with Gasteiger partial charge in [-0.1, -0.05) is 84.8 Å². The van der Waals surface area contributed by atoms with Gasteiger partial charge in [-0.15, -0.1) is 29.8 Å². The zero-order valence-electron chi connectivity index (χ0n) is 20.0. The Morgan fingerprint density at radius 3 is 2.24 bits per heavy atom. The molecule has 5 heteroatoms. The third-order valence-corrected chi connectivity index (χ3v) is 6.50. The summed E-state index contributed by atoms with van der Waals surface area (Å²) < 4.78 is 5.99. The SMILES string of the molecule is CC(c1ccccc1)c1ccc(-c2[c-]c(-c3cccc4oc(-c5ccccc5O)nc34)ccc2)nc1.[Pt]. The second-order valence-electron chi connectivity index (χ2n) is 8.78. The number of para-hydroxylation sites is 2. The molecule has 37 heavy (non-hydrogen) atoms. The van der Waals surface area contributed by atoms with Crippen molar-refractivity contribution in [2.75, 3.05) is 0 Å². The van der Waals surface area contributed by atoms with E-state index in [1.807, 2.05) is 54.7 Å². The number of fused-ring (bicyclic) bond motifs is 1. The van der Waals surface area contributed by atoms with Crippen molar-refractivity contribution in [3.05, 3.63) is 127 Å². The second kappa shape index (κ2) is 10.5. The number of oxazole rings is 1. The molecule has 6 rings (SSSR count). The molecule has 6 aromatic rings. The Morgan fingerprint density at radius 2 is 1.46 bits per heavy atom. The van der Waals surface area contributed by atoms with Gasteiger partial charge >= 0.3 is 0 Å². The van der Waals surface area contributed by atoms with Gasteiger partial charge in [0.1, 0.15) is 11.3 Å². The maximum atomic E-state index is 10.2. The molecule has 0 bridgehead atoms. The van der Waals surface area contributed by atoms with E-state index in [-0.39, 0.29) is 32.7 Å². The molecule has 0 fully saturated rings. The Labute approximate surface area is 229 Å². The van der Waals surface area contributed by atoms with Gasteiger partial charge in [0.25, 0.3) is 0 Å². The van der Waals surface area contributed by atoms with Crippen molar-refractivity contribution in [1.29, 1.82) is 0 Å². The third-order valence-electron chi connectivity index (χ3n) is 6.50. The van der Waals surface area contributed by atoms with Crippen LogP contribution >= 0.6 is 0 Å². The minimum atomic E-state index is 0. The Bertz CT molecular complexity index is 1660. The van der Waals surface area contributed by atoms with Gasteiger partial charge in [-0.3, -0.25) is 4.98 Å². The number of phenols is 1. The molecule has 0 aliphatic rings. The summed E-state index contributed by atoms with van der Waals surface area (Å²) >= 11 is 0. The Morgan fingerprint density at radius 1 is 0.730 bits per heavy atom. The number of pyridine rings is 1. The molecule has 0 saturated carbocycles. The number of nitrogens with zero attached hydrogens (tertiary/aromatic N) is 2. The topological polar surface area (TPSA) is 59.2 Å². The average Bonchev–Trinajstić information content (AvgIpc) is 3.38. The fourth-order valence-electron chi connectivity index (χ4n) is 4.47. The van der Waals surface area contributed by atoms with Crippen LogP contribution in [0.15, 0.2) is 114 Å². The normalized spacial score (nSPS) is 11.7. The van der Waals surface area contributed by atoms with E-state index in [1.165, 1.54) is 11.1 Å². The van der Waals surface area contributed by atoms with E-state index in [1.54, 1.807) is 18.2 Å². The first-order valence-corrected chi connectivity index (χ1v) is 11.9. The van der Waals surface area contributed by atoms with Gasteiger partial charge in [0.05, 0.1) is 11.1 Å². The van der Waals surface area contributed by atoms with Gasteiger partial charge in [-0.2, -0.15) is 0 Å². The first-order chi connectivity index (χ1) is 17.7. The first kappa shape index (κ1) is 24.7. The minimum absolute atomic E-state index is 0. The molecule has 4 nitrogen and oxygen atoms in total. The minimum Gasteiger partial charge on any atom is -0.507 e. The summed E-state index contributed by atoms with van der Waals surface area (Å²) in [4.78, 5) is 9.47. The van der Waals surface area contributed by atoms with E-state index in [9.17, 15) is 5.11 Å². The molecule has 4 aromatic carbocycles. The van der Waals surface area contributed by atoms with Crippen molar-refractivity contribution < 1.29 is 30.6 Å². The smallest absolute Gasteiger partial charge is 0.230 e. The summed E-state index contributed by atoms with van der Waals surface area (Å²) in [5.41, 5.74) is 7.97. The number of hydrogen-bond acceptors (Lipinski definition) is 4. The second-order valence-corrected chi connectivity index (χ2v) is 8.78. The van der Waals surface area contributed by atoms with E-state index < -0.39 is 0 Å². The van der Waals surface area contributed by atoms with E-state index >= 15 is 0 Å². The molecule has 0 spiro atoms. The first-order valence-electron chi connectivity index (χ1n) is 11.9. The quantitative estimate of drug-likeness (QED) is 0.191. The van der Waals surface area contributed by atoms with Gasteiger partial charge in [0.15, 0.2) is 0 Å². The fraction of sp³-hybridized carbons (Fsp3) is 0.0625. The van der Waals surface area contributed by atoms with Gasteiger partial charge in [0.2, 0.25) is 5.89 Å². The van der Waals surface area contributed by atoms with Crippen LogP contribution in [0.25, 0.3) is 44.9 Å². The Kier molecular flexibility index (Phi) is 7.03. The van der Waals surface area contributed by atoms with Crippen LogP contribution in [0.2, 0.25) is 0 Å². The maximum absolute atomic E-state index is 10.2. The number of aromatic nitrogens is 2. The van der Waals surface area contributed by atoms with Crippen molar-refractivity contribution in [2.24, 2.45) is 0 Å². The summed E-state index contributed by atoms with van der Waals surface area (Å²) in [7, 11) is 0. The molecular weight excluding hydrogens is 639 g/mol. The van der Waals surface area contributed by atoms with Crippen LogP contribution < -0.4 is 0 Å². The fourth-order valence-corrected chi connectivity index (χ4v) is 4.47. The zero-order valence-corrected chi connectivity index (χ0v) is 22.3. The van der Waals surface area contributed by atoms with Crippen molar-refractivity contribution >= 4 is 11.1 Å². The number of rotatable bonds is 5. The predicted molar refractivity (Wildman–Crippen MR) is 143 cm³/mol. The predicted octanol–water partition coefficient (Wildman–Crippen LogP) is 7.88. The van der Waals surface area contributed by atoms with E-state index in [0.29, 0.717) is 17.0 Å². The summed E-state index contributed by atoms with van der Waals surface area (Å²) in [6.07, 6.45) is 1.95. The van der Waals surface area contributed by atoms with Crippen molar-refractivity contribution in [2.45, 2.75) is 12.8 Å². The van der Waals surface area contributed by atoms with Crippen LogP contribution in [-0.2, 0) is 21.1 Å². The van der Waals surface area contributed by atoms with Crippen molar-refractivity contribution in [1.82, 2.24) is 9.97 Å². The zero-order chi connectivity index (χ0) is 24.5. The molecule has 0 saturated heterocycles. The van der Waals surface area contributed by atoms with Gasteiger partial charge in [-0.25, -0.2) is 4.98 Å². The number of benzene rings is 4. The summed E-state index contributed by atoms with van der Waals surface area (Å²) in [5.74, 6) is 0.790. The van der Waals surface area contributed by atoms with Crippen LogP contribution in [0.1, 0.15) is 24.0 Å². The van der Waals surface area contributed by atoms with Crippen LogP contribution in [0.5, 0.6) is 5.75 Å². The van der Waals surface area contributed by atoms with Crippen LogP contribution in [0, 0.1) is 6.07 Å². The molecule has 2 aromatic heterocycles. The monoisotopic (exact) mass is 662 g/mol. The van der Waals surface area contributed by atoms with Crippen LogP contribution in [0.4, 0.5) is 0 Å². The number of hydrogen-bond donors (Lipinski definition) is 1. The standard InChI is InChI=1S/C32H23N2O2.Pt/c1-21(22-9-3-2-4-10-22)25-17-18-28(33-20-25)24-12-7-11-23(19-24)26-14-8-16-30-31(26)34-32(36-30)27-13-5-6-15-29(27)35;/h2-18,20-21,35H,1H3;/q-1;. The van der Waals surface area contributed by atoms with Crippen molar-refractivity contribution in [3.63, 3.8) is 0 Å². The van der Waals surface area contributed by atoms with Gasteiger partial charge < -0.3 is 9.52 Å². The third kappa shape index (κ3) is 4.85. The summed E-state index contributed by atoms with van der Waals surface area (Å²) in [6, 6.07) is 37.1. The van der Waals surface area contributed by atoms with E-state index in [4.69, 9.17) is 14.4 Å². The van der Waals surface area contributed by atoms with Crippen LogP contribution in [0.3, 0.4) is 0 Å². The molecule has 1 unspecified atom stereocenters.